The lowest BCUT2D eigenvalue weighted by molar-refractivity contribution is 0.415. The molecule has 1 saturated heterocycles. The van der Waals surface area contributed by atoms with E-state index in [1.54, 1.807) is 18.1 Å². The number of methoxy groups -OCH3 is 1. The van der Waals surface area contributed by atoms with Gasteiger partial charge in [-0.1, -0.05) is 0 Å². The van der Waals surface area contributed by atoms with Crippen molar-refractivity contribution in [1.29, 1.82) is 0 Å². The zero-order valence-corrected chi connectivity index (χ0v) is 16.5. The van der Waals surface area contributed by atoms with Gasteiger partial charge in [0.15, 0.2) is 5.65 Å². The Bertz CT molecular complexity index is 910. The predicted octanol–water partition coefficient (Wildman–Crippen LogP) is 2.85. The van der Waals surface area contributed by atoms with Crippen molar-refractivity contribution < 1.29 is 4.74 Å². The van der Waals surface area contributed by atoms with Gasteiger partial charge in [0.2, 0.25) is 0 Å². The fraction of sp³-hybridized carbons (Fsp3) is 0.389. The minimum Gasteiger partial charge on any atom is -0.497 e. The lowest BCUT2D eigenvalue weighted by Gasteiger charge is -2.24. The summed E-state index contributed by atoms with van der Waals surface area (Å²) in [6.07, 6.45) is 2.69. The van der Waals surface area contributed by atoms with E-state index in [-0.39, 0.29) is 0 Å². The average Bonchev–Trinajstić information content (AvgIpc) is 2.85. The second-order valence-electron chi connectivity index (χ2n) is 6.34. The lowest BCUT2D eigenvalue weighted by atomic mass is 10.2. The largest absolute Gasteiger partial charge is 0.497 e. The summed E-state index contributed by atoms with van der Waals surface area (Å²) in [5.74, 6) is 1.83. The Morgan fingerprint density at radius 1 is 1.00 bits per heavy atom. The molecule has 0 amide bonds. The summed E-state index contributed by atoms with van der Waals surface area (Å²) < 4.78 is 7.83. The van der Waals surface area contributed by atoms with Gasteiger partial charge in [0, 0.05) is 38.9 Å². The van der Waals surface area contributed by atoms with E-state index < -0.39 is 0 Å². The average molecular weight is 417 g/mol. The molecule has 3 heterocycles. The molecule has 8 heteroatoms. The van der Waals surface area contributed by atoms with Crippen LogP contribution in [0.15, 0.2) is 35.2 Å². The van der Waals surface area contributed by atoms with Crippen molar-refractivity contribution in [2.45, 2.75) is 6.42 Å². The van der Waals surface area contributed by atoms with Crippen LogP contribution in [0.4, 0.5) is 11.5 Å². The third kappa shape index (κ3) is 3.09. The second kappa shape index (κ2) is 7.11. The van der Waals surface area contributed by atoms with E-state index >= 15 is 0 Å². The highest BCUT2D eigenvalue weighted by Crippen LogP contribution is 2.30. The van der Waals surface area contributed by atoms with Crippen LogP contribution in [0.25, 0.3) is 11.0 Å². The number of aromatic nitrogens is 4. The van der Waals surface area contributed by atoms with Crippen molar-refractivity contribution in [2.24, 2.45) is 7.05 Å². The fourth-order valence-corrected chi connectivity index (χ4v) is 4.04. The van der Waals surface area contributed by atoms with Crippen molar-refractivity contribution in [3.63, 3.8) is 0 Å². The highest BCUT2D eigenvalue weighted by Gasteiger charge is 2.21. The number of ether oxygens (including phenoxy) is 1. The molecule has 0 N–H and O–H groups in total. The highest BCUT2D eigenvalue weighted by molar-refractivity contribution is 9.10. The van der Waals surface area contributed by atoms with E-state index in [4.69, 9.17) is 4.74 Å². The highest BCUT2D eigenvalue weighted by atomic mass is 79.9. The van der Waals surface area contributed by atoms with Crippen molar-refractivity contribution in [2.75, 3.05) is 43.1 Å². The topological polar surface area (TPSA) is 59.3 Å². The Morgan fingerprint density at radius 2 is 1.73 bits per heavy atom. The molecule has 0 unspecified atom stereocenters. The first-order valence-electron chi connectivity index (χ1n) is 8.64. The van der Waals surface area contributed by atoms with Gasteiger partial charge in [-0.05, 0) is 46.6 Å². The monoisotopic (exact) mass is 416 g/mol. The van der Waals surface area contributed by atoms with Gasteiger partial charge in [-0.3, -0.25) is 0 Å². The summed E-state index contributed by atoms with van der Waals surface area (Å²) >= 11 is 3.56. The third-order valence-corrected chi connectivity index (χ3v) is 5.35. The van der Waals surface area contributed by atoms with Crippen molar-refractivity contribution >= 4 is 38.5 Å². The molecule has 136 valence electrons. The van der Waals surface area contributed by atoms with E-state index in [1.807, 2.05) is 19.2 Å². The van der Waals surface area contributed by atoms with Crippen LogP contribution >= 0.6 is 15.9 Å². The fourth-order valence-electron chi connectivity index (χ4n) is 3.45. The zero-order chi connectivity index (χ0) is 18.1. The standard InChI is InChI=1S/C18H21BrN6O/c1-23-17-15(16(19)22-23)18(21-12-20-17)25-9-3-8-24(10-11-25)13-4-6-14(26-2)7-5-13/h4-7,12H,3,8-11H2,1-2H3. The Labute approximate surface area is 160 Å². The molecule has 0 spiro atoms. The van der Waals surface area contributed by atoms with Crippen LogP contribution in [0.1, 0.15) is 6.42 Å². The maximum atomic E-state index is 5.26. The molecule has 0 saturated carbocycles. The molecular weight excluding hydrogens is 396 g/mol. The van der Waals surface area contributed by atoms with Gasteiger partial charge in [-0.25, -0.2) is 14.6 Å². The Hall–Kier alpha value is -2.35. The smallest absolute Gasteiger partial charge is 0.164 e. The van der Waals surface area contributed by atoms with Gasteiger partial charge in [0.25, 0.3) is 0 Å². The molecule has 0 bridgehead atoms. The molecule has 3 aromatic rings. The number of benzene rings is 1. The lowest BCUT2D eigenvalue weighted by Crippen LogP contribution is -2.31. The van der Waals surface area contributed by atoms with E-state index in [2.05, 4.69) is 52.9 Å². The van der Waals surface area contributed by atoms with E-state index in [0.717, 1.165) is 59.8 Å². The first-order chi connectivity index (χ1) is 12.7. The number of rotatable bonds is 3. The maximum Gasteiger partial charge on any atom is 0.164 e. The van der Waals surface area contributed by atoms with Crippen LogP contribution in [0.5, 0.6) is 5.75 Å². The van der Waals surface area contributed by atoms with E-state index in [0.29, 0.717) is 0 Å². The van der Waals surface area contributed by atoms with Crippen LogP contribution in [-0.2, 0) is 7.05 Å². The van der Waals surface area contributed by atoms with Crippen LogP contribution in [-0.4, -0.2) is 53.0 Å². The summed E-state index contributed by atoms with van der Waals surface area (Å²) in [6, 6.07) is 8.27. The Balaban J connectivity index is 1.57. The van der Waals surface area contributed by atoms with Gasteiger partial charge in [0.1, 0.15) is 22.5 Å². The van der Waals surface area contributed by atoms with Crippen LogP contribution in [0, 0.1) is 0 Å². The van der Waals surface area contributed by atoms with Gasteiger partial charge < -0.3 is 14.5 Å². The molecule has 2 aromatic heterocycles. The summed E-state index contributed by atoms with van der Waals surface area (Å²) in [5, 5.41) is 5.41. The Kier molecular flexibility index (Phi) is 4.67. The van der Waals surface area contributed by atoms with Crippen LogP contribution in [0.2, 0.25) is 0 Å². The number of hydrogen-bond donors (Lipinski definition) is 0. The van der Waals surface area contributed by atoms with Gasteiger partial charge in [-0.15, -0.1) is 0 Å². The molecule has 26 heavy (non-hydrogen) atoms. The summed E-state index contributed by atoms with van der Waals surface area (Å²) in [7, 11) is 3.59. The number of halogens is 1. The molecule has 1 aliphatic heterocycles. The molecule has 1 fully saturated rings. The minimum absolute atomic E-state index is 0.793. The molecule has 1 aromatic carbocycles. The third-order valence-electron chi connectivity index (χ3n) is 4.79. The maximum absolute atomic E-state index is 5.26. The molecule has 7 nitrogen and oxygen atoms in total. The summed E-state index contributed by atoms with van der Waals surface area (Å²) in [5.41, 5.74) is 2.07. The van der Waals surface area contributed by atoms with Crippen molar-refractivity contribution in [3.8, 4) is 5.75 Å². The normalized spacial score (nSPS) is 15.3. The second-order valence-corrected chi connectivity index (χ2v) is 7.09. The SMILES string of the molecule is COc1ccc(N2CCCN(c3ncnc4c3c(Br)nn4C)CC2)cc1. The number of nitrogens with zero attached hydrogens (tertiary/aromatic N) is 6. The number of anilines is 2. The van der Waals surface area contributed by atoms with Crippen LogP contribution < -0.4 is 14.5 Å². The number of fused-ring (bicyclic) bond motifs is 1. The molecule has 0 aliphatic carbocycles. The molecule has 0 radical (unpaired) electrons. The van der Waals surface area contributed by atoms with E-state index in [9.17, 15) is 0 Å². The van der Waals surface area contributed by atoms with Crippen LogP contribution in [0.3, 0.4) is 0 Å². The Morgan fingerprint density at radius 3 is 2.50 bits per heavy atom. The first-order valence-corrected chi connectivity index (χ1v) is 9.44. The van der Waals surface area contributed by atoms with Gasteiger partial charge in [-0.2, -0.15) is 5.10 Å². The zero-order valence-electron chi connectivity index (χ0n) is 14.9. The first kappa shape index (κ1) is 17.1. The van der Waals surface area contributed by atoms with Gasteiger partial charge in [0.05, 0.1) is 12.5 Å². The summed E-state index contributed by atoms with van der Waals surface area (Å²) in [6.45, 7) is 3.82. The predicted molar refractivity (Wildman–Crippen MR) is 106 cm³/mol. The molecular formula is C18H21BrN6O. The number of aryl methyl sites for hydroxylation is 1. The van der Waals surface area contributed by atoms with Crippen molar-refractivity contribution in [1.82, 2.24) is 19.7 Å². The molecule has 0 atom stereocenters. The minimum atomic E-state index is 0.793. The van der Waals surface area contributed by atoms with Gasteiger partial charge >= 0.3 is 0 Å². The van der Waals surface area contributed by atoms with Crippen molar-refractivity contribution in [3.05, 3.63) is 35.2 Å². The summed E-state index contributed by atoms with van der Waals surface area (Å²) in [4.78, 5) is 13.7. The number of hydrogen-bond acceptors (Lipinski definition) is 6. The molecule has 1 aliphatic rings. The molecule has 4 rings (SSSR count). The van der Waals surface area contributed by atoms with E-state index in [1.165, 1.54) is 5.69 Å². The quantitative estimate of drug-likeness (QED) is 0.653.